The Morgan fingerprint density at radius 1 is 1.33 bits per heavy atom. The van der Waals surface area contributed by atoms with Gasteiger partial charge < -0.3 is 10.1 Å². The Balaban J connectivity index is 1.68. The van der Waals surface area contributed by atoms with Crippen LogP contribution in [0, 0.1) is 5.92 Å². The standard InChI is InChI=1S/C15H21NO2/c1-11(2)12-5-7-14(8-6-12)18-10-9-16-15(17)13-3-4-13/h5-8,11,13H,3-4,9-10H2,1-2H3,(H,16,17). The van der Waals surface area contributed by atoms with Crippen LogP contribution in [0.15, 0.2) is 24.3 Å². The van der Waals surface area contributed by atoms with Crippen molar-refractivity contribution in [2.75, 3.05) is 13.2 Å². The van der Waals surface area contributed by atoms with E-state index in [2.05, 4.69) is 31.3 Å². The fraction of sp³-hybridized carbons (Fsp3) is 0.533. The molecule has 1 fully saturated rings. The van der Waals surface area contributed by atoms with E-state index < -0.39 is 0 Å². The van der Waals surface area contributed by atoms with Gasteiger partial charge in [0, 0.05) is 5.92 Å². The van der Waals surface area contributed by atoms with Crippen molar-refractivity contribution in [1.82, 2.24) is 5.32 Å². The maximum Gasteiger partial charge on any atom is 0.223 e. The summed E-state index contributed by atoms with van der Waals surface area (Å²) in [5.41, 5.74) is 1.31. The van der Waals surface area contributed by atoms with Crippen LogP contribution in [0.3, 0.4) is 0 Å². The van der Waals surface area contributed by atoms with Crippen LogP contribution >= 0.6 is 0 Å². The second kappa shape index (κ2) is 5.89. The number of benzene rings is 1. The molecule has 1 aromatic rings. The molecule has 0 bridgehead atoms. The highest BCUT2D eigenvalue weighted by molar-refractivity contribution is 5.80. The summed E-state index contributed by atoms with van der Waals surface area (Å²) in [6, 6.07) is 8.14. The number of carbonyl (C=O) groups excluding carboxylic acids is 1. The fourth-order valence-electron chi connectivity index (χ4n) is 1.78. The lowest BCUT2D eigenvalue weighted by Gasteiger charge is -2.09. The quantitative estimate of drug-likeness (QED) is 0.785. The molecule has 3 heteroatoms. The normalized spacial score (nSPS) is 14.6. The molecule has 0 aromatic heterocycles. The van der Waals surface area contributed by atoms with Crippen LogP contribution in [0.25, 0.3) is 0 Å². The van der Waals surface area contributed by atoms with Gasteiger partial charge in [0.2, 0.25) is 5.91 Å². The first-order chi connectivity index (χ1) is 8.66. The summed E-state index contributed by atoms with van der Waals surface area (Å²) in [7, 11) is 0. The number of nitrogens with one attached hydrogen (secondary N) is 1. The van der Waals surface area contributed by atoms with E-state index in [9.17, 15) is 4.79 Å². The van der Waals surface area contributed by atoms with Crippen LogP contribution in [0.4, 0.5) is 0 Å². The van der Waals surface area contributed by atoms with E-state index in [1.807, 2.05) is 12.1 Å². The molecule has 0 atom stereocenters. The first-order valence-electron chi connectivity index (χ1n) is 6.67. The van der Waals surface area contributed by atoms with Crippen molar-refractivity contribution in [2.24, 2.45) is 5.92 Å². The lowest BCUT2D eigenvalue weighted by Crippen LogP contribution is -2.29. The molecule has 0 heterocycles. The van der Waals surface area contributed by atoms with E-state index in [0.29, 0.717) is 19.1 Å². The topological polar surface area (TPSA) is 38.3 Å². The van der Waals surface area contributed by atoms with E-state index in [-0.39, 0.29) is 11.8 Å². The van der Waals surface area contributed by atoms with Gasteiger partial charge in [-0.3, -0.25) is 4.79 Å². The third-order valence-electron chi connectivity index (χ3n) is 3.16. The maximum absolute atomic E-state index is 11.4. The van der Waals surface area contributed by atoms with Crippen molar-refractivity contribution in [3.05, 3.63) is 29.8 Å². The summed E-state index contributed by atoms with van der Waals surface area (Å²) in [4.78, 5) is 11.4. The Morgan fingerprint density at radius 2 is 2.00 bits per heavy atom. The molecule has 1 saturated carbocycles. The summed E-state index contributed by atoms with van der Waals surface area (Å²) in [6.45, 7) is 5.45. The Kier molecular flexibility index (Phi) is 4.24. The van der Waals surface area contributed by atoms with Crippen LogP contribution in [0.2, 0.25) is 0 Å². The molecule has 2 rings (SSSR count). The van der Waals surface area contributed by atoms with Gasteiger partial charge in [0.15, 0.2) is 0 Å². The van der Waals surface area contributed by atoms with Gasteiger partial charge in [-0.1, -0.05) is 26.0 Å². The molecule has 3 nitrogen and oxygen atoms in total. The average Bonchev–Trinajstić information content (AvgIpc) is 3.19. The minimum atomic E-state index is 0.175. The van der Waals surface area contributed by atoms with Crippen molar-refractivity contribution in [3.63, 3.8) is 0 Å². The second-order valence-corrected chi connectivity index (χ2v) is 5.14. The first kappa shape index (κ1) is 12.9. The molecular weight excluding hydrogens is 226 g/mol. The number of ether oxygens (including phenoxy) is 1. The van der Waals surface area contributed by atoms with Crippen LogP contribution in [-0.2, 0) is 4.79 Å². The molecule has 98 valence electrons. The molecule has 1 aliphatic rings. The van der Waals surface area contributed by atoms with Crippen LogP contribution in [-0.4, -0.2) is 19.1 Å². The monoisotopic (exact) mass is 247 g/mol. The summed E-state index contributed by atoms with van der Waals surface area (Å²) in [5, 5.41) is 2.88. The SMILES string of the molecule is CC(C)c1ccc(OCCNC(=O)C2CC2)cc1. The summed E-state index contributed by atoms with van der Waals surface area (Å²) in [5.74, 6) is 1.85. The highest BCUT2D eigenvalue weighted by atomic mass is 16.5. The van der Waals surface area contributed by atoms with E-state index >= 15 is 0 Å². The number of hydrogen-bond acceptors (Lipinski definition) is 2. The maximum atomic E-state index is 11.4. The van der Waals surface area contributed by atoms with Gasteiger partial charge in [0.05, 0.1) is 6.54 Å². The van der Waals surface area contributed by atoms with Gasteiger partial charge in [-0.05, 0) is 36.5 Å². The fourth-order valence-corrected chi connectivity index (χ4v) is 1.78. The second-order valence-electron chi connectivity index (χ2n) is 5.14. The van der Waals surface area contributed by atoms with E-state index in [1.165, 1.54) is 5.56 Å². The summed E-state index contributed by atoms with van der Waals surface area (Å²) < 4.78 is 5.58. The lowest BCUT2D eigenvalue weighted by molar-refractivity contribution is -0.122. The number of rotatable bonds is 6. The molecule has 1 aromatic carbocycles. The predicted octanol–water partition coefficient (Wildman–Crippen LogP) is 2.72. The molecule has 0 saturated heterocycles. The minimum Gasteiger partial charge on any atom is -0.492 e. The van der Waals surface area contributed by atoms with Gasteiger partial charge in [0.1, 0.15) is 12.4 Å². The number of carbonyl (C=O) groups is 1. The molecule has 0 unspecified atom stereocenters. The zero-order chi connectivity index (χ0) is 13.0. The van der Waals surface area contributed by atoms with E-state index in [4.69, 9.17) is 4.74 Å². The van der Waals surface area contributed by atoms with E-state index in [1.54, 1.807) is 0 Å². The molecule has 1 aliphatic carbocycles. The average molecular weight is 247 g/mol. The van der Waals surface area contributed by atoms with Gasteiger partial charge in [0.25, 0.3) is 0 Å². The molecule has 1 N–H and O–H groups in total. The highest BCUT2D eigenvalue weighted by Crippen LogP contribution is 2.28. The molecule has 0 spiro atoms. The molecule has 1 amide bonds. The van der Waals surface area contributed by atoms with Gasteiger partial charge in [-0.15, -0.1) is 0 Å². The van der Waals surface area contributed by atoms with Crippen molar-refractivity contribution in [1.29, 1.82) is 0 Å². The summed E-state index contributed by atoms with van der Waals surface area (Å²) in [6.07, 6.45) is 2.09. The molecule has 0 aliphatic heterocycles. The largest absolute Gasteiger partial charge is 0.492 e. The molecule has 18 heavy (non-hydrogen) atoms. The van der Waals surface area contributed by atoms with Crippen molar-refractivity contribution in [2.45, 2.75) is 32.6 Å². The smallest absolute Gasteiger partial charge is 0.223 e. The molecule has 0 radical (unpaired) electrons. The van der Waals surface area contributed by atoms with Crippen LogP contribution < -0.4 is 10.1 Å². The van der Waals surface area contributed by atoms with Crippen molar-refractivity contribution < 1.29 is 9.53 Å². The zero-order valence-electron chi connectivity index (χ0n) is 11.1. The van der Waals surface area contributed by atoms with Gasteiger partial charge >= 0.3 is 0 Å². The molecular formula is C15H21NO2. The van der Waals surface area contributed by atoms with Crippen LogP contribution in [0.5, 0.6) is 5.75 Å². The Bertz CT molecular complexity index is 393. The van der Waals surface area contributed by atoms with Crippen molar-refractivity contribution in [3.8, 4) is 5.75 Å². The van der Waals surface area contributed by atoms with Crippen molar-refractivity contribution >= 4 is 5.91 Å². The first-order valence-corrected chi connectivity index (χ1v) is 6.67. The lowest BCUT2D eigenvalue weighted by atomic mass is 10.0. The third-order valence-corrected chi connectivity index (χ3v) is 3.16. The third kappa shape index (κ3) is 3.76. The summed E-state index contributed by atoms with van der Waals surface area (Å²) >= 11 is 0. The Hall–Kier alpha value is -1.51. The Labute approximate surface area is 109 Å². The Morgan fingerprint density at radius 3 is 2.56 bits per heavy atom. The number of hydrogen-bond donors (Lipinski definition) is 1. The predicted molar refractivity (Wildman–Crippen MR) is 71.8 cm³/mol. The zero-order valence-corrected chi connectivity index (χ0v) is 11.1. The van der Waals surface area contributed by atoms with E-state index in [0.717, 1.165) is 18.6 Å². The number of amides is 1. The minimum absolute atomic E-state index is 0.175. The highest BCUT2D eigenvalue weighted by Gasteiger charge is 2.28. The van der Waals surface area contributed by atoms with Crippen LogP contribution in [0.1, 0.15) is 38.2 Å². The van der Waals surface area contributed by atoms with Gasteiger partial charge in [-0.25, -0.2) is 0 Å². The van der Waals surface area contributed by atoms with Gasteiger partial charge in [-0.2, -0.15) is 0 Å².